The second kappa shape index (κ2) is 21.0. The highest BCUT2D eigenvalue weighted by Gasteiger charge is 2.40. The van der Waals surface area contributed by atoms with Gasteiger partial charge in [0.2, 0.25) is 35.2 Å². The Labute approximate surface area is 344 Å². The Kier molecular flexibility index (Phi) is 15.3. The maximum atomic E-state index is 14.5. The fraction of sp³-hybridized carbons (Fsp3) is 0.512. The van der Waals surface area contributed by atoms with E-state index in [0.29, 0.717) is 45.2 Å². The number of carbonyl (C=O) groups is 5. The van der Waals surface area contributed by atoms with Crippen molar-refractivity contribution >= 4 is 39.5 Å². The number of nitrogens with one attached hydrogen (secondary N) is 5. The lowest BCUT2D eigenvalue weighted by atomic mass is 9.95. The average molecular weight is 832 g/mol. The van der Waals surface area contributed by atoms with Gasteiger partial charge in [-0.3, -0.25) is 24.0 Å². The van der Waals surface area contributed by atoms with E-state index in [-0.39, 0.29) is 55.1 Å². The van der Waals surface area contributed by atoms with Gasteiger partial charge < -0.3 is 30.4 Å². The highest BCUT2D eigenvalue weighted by molar-refractivity contribution is 7.90. The molecule has 3 aromatic rings. The number of hydrogen-bond acceptors (Lipinski definition) is 12. The standard InChI is InChI=1S/C41H53N9O8S/c51-36(37-46-48-49-47-37)33(26-28-14-7-8-15-28)44-40(54)35-19-11-24-50(35)41(55)34(27-29-12-3-1-4-13-29)45-39(53)32(43-38(52)30-20-22-42-23-21-30)18-9-10-25-59(56,57)58-31-16-5-2-6-17-31/h1-6,10,12-13,16-17,25,28,30,32-35,42H,7-9,11,14-15,18-24,26-27H2,(H,43,52)(H,44,54)(H,45,53)(H,46,47,48,49)/b25-10+/t32-,33-,34-,35-/m0/s1. The second-order valence-corrected chi connectivity index (χ2v) is 16.8. The van der Waals surface area contributed by atoms with Crippen molar-refractivity contribution in [2.24, 2.45) is 11.8 Å². The third kappa shape index (κ3) is 12.5. The maximum absolute atomic E-state index is 14.5. The molecule has 18 heteroatoms. The van der Waals surface area contributed by atoms with Crippen molar-refractivity contribution < 1.29 is 36.6 Å². The van der Waals surface area contributed by atoms with E-state index in [1.165, 1.54) is 23.1 Å². The van der Waals surface area contributed by atoms with Crippen molar-refractivity contribution in [2.75, 3.05) is 19.6 Å². The highest BCUT2D eigenvalue weighted by atomic mass is 32.2. The van der Waals surface area contributed by atoms with Gasteiger partial charge >= 0.3 is 10.1 Å². The van der Waals surface area contributed by atoms with Crippen LogP contribution in [0.4, 0.5) is 0 Å². The lowest BCUT2D eigenvalue weighted by Crippen LogP contribution is -2.58. The predicted molar refractivity (Wildman–Crippen MR) is 216 cm³/mol. The Morgan fingerprint density at radius 2 is 1.53 bits per heavy atom. The van der Waals surface area contributed by atoms with E-state index in [1.807, 2.05) is 30.3 Å². The van der Waals surface area contributed by atoms with Crippen LogP contribution >= 0.6 is 0 Å². The van der Waals surface area contributed by atoms with E-state index in [9.17, 15) is 32.4 Å². The van der Waals surface area contributed by atoms with Crippen LogP contribution in [-0.4, -0.2) is 107 Å². The number of aromatic nitrogens is 4. The molecule has 0 spiro atoms. The number of nitrogens with zero attached hydrogens (tertiary/aromatic N) is 4. The zero-order valence-corrected chi connectivity index (χ0v) is 33.8. The fourth-order valence-corrected chi connectivity index (χ4v) is 8.86. The Balaban J connectivity index is 1.18. The Bertz CT molecular complexity index is 2010. The van der Waals surface area contributed by atoms with E-state index in [4.69, 9.17) is 4.18 Å². The second-order valence-electron chi connectivity index (χ2n) is 15.4. The van der Waals surface area contributed by atoms with Gasteiger partial charge in [-0.25, -0.2) is 0 Å². The number of ketones is 1. The summed E-state index contributed by atoms with van der Waals surface area (Å²) in [5.41, 5.74) is 0.760. The summed E-state index contributed by atoms with van der Waals surface area (Å²) < 4.78 is 30.4. The van der Waals surface area contributed by atoms with Crippen LogP contribution in [0.3, 0.4) is 0 Å². The van der Waals surface area contributed by atoms with Crippen LogP contribution in [-0.2, 0) is 35.7 Å². The first-order chi connectivity index (χ1) is 28.6. The molecule has 3 heterocycles. The molecule has 6 rings (SSSR count). The van der Waals surface area contributed by atoms with Crippen molar-refractivity contribution in [3.05, 3.63) is 83.5 Å². The van der Waals surface area contributed by atoms with Crippen LogP contribution in [0.25, 0.3) is 0 Å². The van der Waals surface area contributed by atoms with Gasteiger partial charge in [0, 0.05) is 18.9 Å². The quantitative estimate of drug-likeness (QED) is 0.0866. The van der Waals surface area contributed by atoms with Gasteiger partial charge in [-0.1, -0.05) is 80.3 Å². The third-order valence-corrected chi connectivity index (χ3v) is 12.1. The third-order valence-electron chi connectivity index (χ3n) is 11.2. The molecule has 0 unspecified atom stereocenters. The molecule has 316 valence electrons. The molecule has 2 aliphatic heterocycles. The zero-order chi connectivity index (χ0) is 41.6. The number of likely N-dealkylation sites (tertiary alicyclic amines) is 1. The van der Waals surface area contributed by atoms with Crippen LogP contribution in [0, 0.1) is 11.8 Å². The average Bonchev–Trinajstić information content (AvgIpc) is 4.06. The summed E-state index contributed by atoms with van der Waals surface area (Å²) in [6.07, 6.45) is 8.02. The van der Waals surface area contributed by atoms with Crippen LogP contribution < -0.4 is 25.5 Å². The molecule has 5 N–H and O–H groups in total. The number of allylic oxidation sites excluding steroid dienone is 1. The SMILES string of the molecule is O=C(N[C@@H](CC/C=C/S(=O)(=O)Oc1ccccc1)C(=O)N[C@@H](Cc1ccccc1)C(=O)N1CCC[C@H]1C(=O)N[C@@H](CC1CCCC1)C(=O)c1nn[nH]n1)C1CCNCC1. The lowest BCUT2D eigenvalue weighted by molar-refractivity contribution is -0.142. The minimum atomic E-state index is -4.10. The van der Waals surface area contributed by atoms with Gasteiger partial charge in [-0.2, -0.15) is 13.6 Å². The molecular weight excluding hydrogens is 779 g/mol. The number of para-hydroxylation sites is 1. The summed E-state index contributed by atoms with van der Waals surface area (Å²) in [6, 6.07) is 13.1. The van der Waals surface area contributed by atoms with Gasteiger partial charge in [0.1, 0.15) is 23.9 Å². The normalized spacial score (nSPS) is 19.2. The van der Waals surface area contributed by atoms with Gasteiger partial charge in [0.05, 0.1) is 11.4 Å². The number of piperidine rings is 1. The van der Waals surface area contributed by atoms with Crippen molar-refractivity contribution in [3.8, 4) is 5.75 Å². The summed E-state index contributed by atoms with van der Waals surface area (Å²) in [5.74, 6) is -2.41. The molecule has 4 amide bonds. The number of tetrazole rings is 1. The molecule has 17 nitrogen and oxygen atoms in total. The van der Waals surface area contributed by atoms with E-state index in [2.05, 4.69) is 41.9 Å². The molecule has 1 aromatic heterocycles. The minimum Gasteiger partial charge on any atom is -0.379 e. The summed E-state index contributed by atoms with van der Waals surface area (Å²) >= 11 is 0. The molecular formula is C41H53N9O8S. The van der Waals surface area contributed by atoms with Gasteiger partial charge in [0.15, 0.2) is 0 Å². The molecule has 2 saturated heterocycles. The van der Waals surface area contributed by atoms with Crippen LogP contribution in [0.1, 0.15) is 86.8 Å². The summed E-state index contributed by atoms with van der Waals surface area (Å²) in [6.45, 7) is 1.56. The van der Waals surface area contributed by atoms with E-state index in [1.54, 1.807) is 18.2 Å². The van der Waals surface area contributed by atoms with E-state index >= 15 is 0 Å². The Morgan fingerprint density at radius 3 is 2.22 bits per heavy atom. The van der Waals surface area contributed by atoms with Crippen molar-refractivity contribution in [1.82, 2.24) is 46.8 Å². The summed E-state index contributed by atoms with van der Waals surface area (Å²) in [5, 5.41) is 26.3. The fourth-order valence-electron chi connectivity index (χ4n) is 8.06. The van der Waals surface area contributed by atoms with Crippen molar-refractivity contribution in [3.63, 3.8) is 0 Å². The molecule has 0 radical (unpaired) electrons. The van der Waals surface area contributed by atoms with Gasteiger partial charge in [-0.05, 0) is 86.9 Å². The number of carbonyl (C=O) groups excluding carboxylic acids is 5. The number of H-pyrrole nitrogens is 1. The number of Topliss-reactive ketones (excluding diaryl/α,β-unsaturated/α-hetero) is 1. The first kappa shape index (κ1) is 43.1. The number of benzene rings is 2. The van der Waals surface area contributed by atoms with E-state index in [0.717, 1.165) is 36.7 Å². The molecule has 0 bridgehead atoms. The number of amides is 4. The highest BCUT2D eigenvalue weighted by Crippen LogP contribution is 2.30. The summed E-state index contributed by atoms with van der Waals surface area (Å²) in [7, 11) is -4.10. The molecule has 4 atom stereocenters. The predicted octanol–water partition coefficient (Wildman–Crippen LogP) is 2.35. The van der Waals surface area contributed by atoms with Crippen LogP contribution in [0.5, 0.6) is 5.75 Å². The maximum Gasteiger partial charge on any atom is 0.331 e. The number of rotatable bonds is 19. The molecule has 2 aromatic carbocycles. The molecule has 1 saturated carbocycles. The Hall–Kier alpha value is -5.49. The number of aromatic amines is 1. The molecule has 3 fully saturated rings. The first-order valence-electron chi connectivity index (χ1n) is 20.5. The largest absolute Gasteiger partial charge is 0.379 e. The van der Waals surface area contributed by atoms with Crippen LogP contribution in [0.2, 0.25) is 0 Å². The van der Waals surface area contributed by atoms with Crippen molar-refractivity contribution in [1.29, 1.82) is 0 Å². The Morgan fingerprint density at radius 1 is 0.831 bits per heavy atom. The molecule has 59 heavy (non-hydrogen) atoms. The zero-order valence-electron chi connectivity index (χ0n) is 33.0. The monoisotopic (exact) mass is 831 g/mol. The topological polar surface area (TPSA) is 235 Å². The van der Waals surface area contributed by atoms with Gasteiger partial charge in [-0.15, -0.1) is 10.2 Å². The van der Waals surface area contributed by atoms with E-state index < -0.39 is 57.8 Å². The van der Waals surface area contributed by atoms with Crippen molar-refractivity contribution in [2.45, 2.75) is 101 Å². The molecule has 1 aliphatic carbocycles. The molecule has 3 aliphatic rings. The first-order valence-corrected chi connectivity index (χ1v) is 21.9. The van der Waals surface area contributed by atoms with Crippen LogP contribution in [0.15, 0.2) is 72.1 Å². The smallest absolute Gasteiger partial charge is 0.331 e. The minimum absolute atomic E-state index is 0.0255. The number of hydrogen-bond donors (Lipinski definition) is 5. The summed E-state index contributed by atoms with van der Waals surface area (Å²) in [4.78, 5) is 71.1. The lowest BCUT2D eigenvalue weighted by Gasteiger charge is -2.31. The van der Waals surface area contributed by atoms with Gasteiger partial charge in [0.25, 0.3) is 0 Å².